The third-order valence-corrected chi connectivity index (χ3v) is 4.80. The Balaban J connectivity index is 1.55. The van der Waals surface area contributed by atoms with Crippen LogP contribution in [0.2, 0.25) is 0 Å². The molecule has 4 nitrogen and oxygen atoms in total. The van der Waals surface area contributed by atoms with E-state index in [0.29, 0.717) is 19.6 Å². The molecule has 1 spiro atoms. The number of halogens is 1. The predicted molar refractivity (Wildman–Crippen MR) is 86.7 cm³/mol. The SMILES string of the molecule is O[C@]1(c2ccccc2)COCC2(C1)N[C@@H](c1ccc(F)cc1)CO2. The van der Waals surface area contributed by atoms with Crippen LogP contribution in [-0.4, -0.2) is 30.7 Å². The van der Waals surface area contributed by atoms with Gasteiger partial charge in [0.2, 0.25) is 0 Å². The van der Waals surface area contributed by atoms with Gasteiger partial charge in [-0.05, 0) is 23.3 Å². The maximum absolute atomic E-state index is 13.1. The second-order valence-corrected chi connectivity index (χ2v) is 6.62. The zero-order valence-electron chi connectivity index (χ0n) is 13.2. The van der Waals surface area contributed by atoms with Gasteiger partial charge in [0.15, 0.2) is 0 Å². The van der Waals surface area contributed by atoms with Gasteiger partial charge in [-0.2, -0.15) is 0 Å². The molecule has 0 bridgehead atoms. The van der Waals surface area contributed by atoms with Gasteiger partial charge in [-0.25, -0.2) is 4.39 Å². The molecule has 2 fully saturated rings. The molecule has 126 valence electrons. The van der Waals surface area contributed by atoms with E-state index in [0.717, 1.165) is 11.1 Å². The van der Waals surface area contributed by atoms with Crippen LogP contribution in [0.3, 0.4) is 0 Å². The van der Waals surface area contributed by atoms with Gasteiger partial charge in [-0.3, -0.25) is 5.32 Å². The molecule has 0 radical (unpaired) electrons. The average molecular weight is 329 g/mol. The summed E-state index contributed by atoms with van der Waals surface area (Å²) in [4.78, 5) is 0. The molecule has 5 heteroatoms. The number of rotatable bonds is 2. The Labute approximate surface area is 140 Å². The Morgan fingerprint density at radius 3 is 2.54 bits per heavy atom. The van der Waals surface area contributed by atoms with Gasteiger partial charge in [-0.15, -0.1) is 0 Å². The topological polar surface area (TPSA) is 50.7 Å². The molecule has 1 unspecified atom stereocenters. The van der Waals surface area contributed by atoms with Crippen LogP contribution < -0.4 is 5.32 Å². The van der Waals surface area contributed by atoms with Gasteiger partial charge in [0, 0.05) is 6.42 Å². The largest absolute Gasteiger partial charge is 0.383 e. The van der Waals surface area contributed by atoms with Crippen LogP contribution in [0.1, 0.15) is 23.6 Å². The number of ether oxygens (including phenoxy) is 2. The lowest BCUT2D eigenvalue weighted by atomic mass is 9.84. The Bertz CT molecular complexity index is 708. The third-order valence-electron chi connectivity index (χ3n) is 4.80. The molecule has 2 aliphatic heterocycles. The molecule has 0 aliphatic carbocycles. The Morgan fingerprint density at radius 2 is 1.79 bits per heavy atom. The Morgan fingerprint density at radius 1 is 1.04 bits per heavy atom. The van der Waals surface area contributed by atoms with E-state index in [1.165, 1.54) is 12.1 Å². The van der Waals surface area contributed by atoms with Crippen LogP contribution in [0.5, 0.6) is 0 Å². The fourth-order valence-electron chi connectivity index (χ4n) is 3.60. The predicted octanol–water partition coefficient (Wildman–Crippen LogP) is 2.49. The first-order chi connectivity index (χ1) is 11.6. The van der Waals surface area contributed by atoms with Crippen molar-refractivity contribution in [3.8, 4) is 0 Å². The molecule has 4 rings (SSSR count). The van der Waals surface area contributed by atoms with Crippen molar-refractivity contribution in [2.24, 2.45) is 0 Å². The maximum atomic E-state index is 13.1. The van der Waals surface area contributed by atoms with Crippen molar-refractivity contribution in [3.63, 3.8) is 0 Å². The molecule has 0 aromatic heterocycles. The number of hydrogen-bond donors (Lipinski definition) is 2. The number of benzene rings is 2. The summed E-state index contributed by atoms with van der Waals surface area (Å²) in [7, 11) is 0. The fourth-order valence-corrected chi connectivity index (χ4v) is 3.60. The average Bonchev–Trinajstić information content (AvgIpc) is 2.99. The van der Waals surface area contributed by atoms with E-state index in [1.54, 1.807) is 12.1 Å². The lowest BCUT2D eigenvalue weighted by Gasteiger charge is -2.42. The van der Waals surface area contributed by atoms with Crippen molar-refractivity contribution in [1.82, 2.24) is 5.32 Å². The number of hydrogen-bond acceptors (Lipinski definition) is 4. The summed E-state index contributed by atoms with van der Waals surface area (Å²) < 4.78 is 24.8. The van der Waals surface area contributed by atoms with Gasteiger partial charge in [-0.1, -0.05) is 42.5 Å². The normalized spacial score (nSPS) is 33.0. The highest BCUT2D eigenvalue weighted by molar-refractivity contribution is 5.26. The van der Waals surface area contributed by atoms with Crippen molar-refractivity contribution in [1.29, 1.82) is 0 Å². The van der Waals surface area contributed by atoms with Crippen molar-refractivity contribution in [2.75, 3.05) is 19.8 Å². The minimum atomic E-state index is -1.09. The zero-order valence-corrected chi connectivity index (χ0v) is 13.2. The molecule has 0 amide bonds. The Kier molecular flexibility index (Phi) is 3.89. The molecule has 2 aliphatic rings. The standard InChI is InChI=1S/C19H20FNO3/c20-16-8-6-14(7-9-16)17-10-24-19(21-17)11-18(22,12-23-13-19)15-4-2-1-3-5-15/h1-9,17,21-22H,10-13H2/t17-,18+,19?/m1/s1. The van der Waals surface area contributed by atoms with Crippen molar-refractivity contribution in [2.45, 2.75) is 23.8 Å². The molecule has 2 aromatic rings. The summed E-state index contributed by atoms with van der Waals surface area (Å²) in [5.74, 6) is -0.258. The first-order valence-corrected chi connectivity index (χ1v) is 8.11. The number of nitrogens with one attached hydrogen (secondary N) is 1. The quantitative estimate of drug-likeness (QED) is 0.889. The number of aliphatic hydroxyl groups is 1. The van der Waals surface area contributed by atoms with Crippen molar-refractivity contribution in [3.05, 3.63) is 71.5 Å². The summed E-state index contributed by atoms with van der Waals surface area (Å²) in [6, 6.07) is 15.9. The smallest absolute Gasteiger partial charge is 0.146 e. The van der Waals surface area contributed by atoms with E-state index in [4.69, 9.17) is 9.47 Å². The van der Waals surface area contributed by atoms with E-state index >= 15 is 0 Å². The summed E-state index contributed by atoms with van der Waals surface area (Å²) in [5.41, 5.74) is -0.0478. The highest BCUT2D eigenvalue weighted by Crippen LogP contribution is 2.40. The fraction of sp³-hybridized carbons (Fsp3) is 0.368. The molecular formula is C19H20FNO3. The summed E-state index contributed by atoms with van der Waals surface area (Å²) in [6.07, 6.45) is 0.404. The van der Waals surface area contributed by atoms with Crippen LogP contribution in [-0.2, 0) is 15.1 Å². The molecule has 2 N–H and O–H groups in total. The maximum Gasteiger partial charge on any atom is 0.146 e. The summed E-state index contributed by atoms with van der Waals surface area (Å²) in [5, 5.41) is 14.5. The minimum Gasteiger partial charge on any atom is -0.383 e. The van der Waals surface area contributed by atoms with Crippen LogP contribution in [0.15, 0.2) is 54.6 Å². The second kappa shape index (κ2) is 5.93. The van der Waals surface area contributed by atoms with Gasteiger partial charge in [0.05, 0.1) is 25.9 Å². The van der Waals surface area contributed by atoms with Crippen LogP contribution in [0.4, 0.5) is 4.39 Å². The van der Waals surface area contributed by atoms with E-state index in [1.807, 2.05) is 30.3 Å². The van der Waals surface area contributed by atoms with Gasteiger partial charge in [0.25, 0.3) is 0 Å². The first-order valence-electron chi connectivity index (χ1n) is 8.11. The lowest BCUT2D eigenvalue weighted by molar-refractivity contribution is -0.194. The minimum absolute atomic E-state index is 0.0488. The van der Waals surface area contributed by atoms with Crippen LogP contribution >= 0.6 is 0 Å². The van der Waals surface area contributed by atoms with Gasteiger partial charge >= 0.3 is 0 Å². The summed E-state index contributed by atoms with van der Waals surface area (Å²) in [6.45, 7) is 1.07. The molecular weight excluding hydrogens is 309 g/mol. The third kappa shape index (κ3) is 2.84. The monoisotopic (exact) mass is 329 g/mol. The van der Waals surface area contributed by atoms with Gasteiger partial charge < -0.3 is 14.6 Å². The van der Waals surface area contributed by atoms with Crippen molar-refractivity contribution < 1.29 is 19.0 Å². The second-order valence-electron chi connectivity index (χ2n) is 6.62. The van der Waals surface area contributed by atoms with E-state index in [9.17, 15) is 9.50 Å². The van der Waals surface area contributed by atoms with E-state index < -0.39 is 11.3 Å². The van der Waals surface area contributed by atoms with E-state index in [2.05, 4.69) is 5.32 Å². The highest BCUT2D eigenvalue weighted by atomic mass is 19.1. The molecule has 3 atom stereocenters. The van der Waals surface area contributed by atoms with Crippen LogP contribution in [0, 0.1) is 5.82 Å². The molecule has 2 saturated heterocycles. The van der Waals surface area contributed by atoms with Crippen molar-refractivity contribution >= 4 is 0 Å². The Hall–Kier alpha value is -1.79. The molecule has 2 aromatic carbocycles. The zero-order chi connectivity index (χ0) is 16.6. The molecule has 24 heavy (non-hydrogen) atoms. The van der Waals surface area contributed by atoms with Crippen LogP contribution in [0.25, 0.3) is 0 Å². The molecule has 0 saturated carbocycles. The van der Waals surface area contributed by atoms with Gasteiger partial charge in [0.1, 0.15) is 17.1 Å². The highest BCUT2D eigenvalue weighted by Gasteiger charge is 2.50. The first kappa shape index (κ1) is 15.7. The lowest BCUT2D eigenvalue weighted by Crippen LogP contribution is -2.56. The summed E-state index contributed by atoms with van der Waals surface area (Å²) >= 11 is 0. The molecule has 2 heterocycles. The van der Waals surface area contributed by atoms with E-state index in [-0.39, 0.29) is 18.5 Å².